The van der Waals surface area contributed by atoms with Gasteiger partial charge >= 0.3 is 0 Å². The Morgan fingerprint density at radius 3 is 0.692 bits per heavy atom. The van der Waals surface area contributed by atoms with Crippen LogP contribution < -0.4 is 0 Å². The molecule has 0 N–H and O–H groups in total. The summed E-state index contributed by atoms with van der Waals surface area (Å²) in [7, 11) is 0. The van der Waals surface area contributed by atoms with E-state index in [1.807, 2.05) is 0 Å². The van der Waals surface area contributed by atoms with Gasteiger partial charge in [0, 0.05) is 0 Å². The lowest BCUT2D eigenvalue weighted by Crippen LogP contribution is -1.97. The van der Waals surface area contributed by atoms with Crippen LogP contribution in [0.1, 0.15) is 98.2 Å². The van der Waals surface area contributed by atoms with Gasteiger partial charge in [-0.25, -0.2) is 43.1 Å². The summed E-state index contributed by atoms with van der Waals surface area (Å²) in [4.78, 5) is 33.3. The number of aromatic nitrogens is 15. The molecular formula is C115H79N15. The molecule has 0 spiro atoms. The summed E-state index contributed by atoms with van der Waals surface area (Å²) in [5.74, 6) is 6.15. The zero-order chi connectivity index (χ0) is 86.0. The Morgan fingerprint density at radius 1 is 0.185 bits per heavy atom. The first-order valence-corrected chi connectivity index (χ1v) is 45.4. The lowest BCUT2D eigenvalue weighted by molar-refractivity contribution is 0.834. The molecule has 0 fully saturated rings. The first-order chi connectivity index (χ1) is 63.4. The summed E-state index contributed by atoms with van der Waals surface area (Å²) < 4.78 is 21.2. The van der Waals surface area contributed by atoms with Crippen molar-refractivity contribution >= 4 is 215 Å². The second-order valence-electron chi connectivity index (χ2n) is 38.3. The Balaban J connectivity index is 0.559. The lowest BCUT2D eigenvalue weighted by Gasteiger charge is -2.16. The van der Waals surface area contributed by atoms with Crippen LogP contribution in [0.5, 0.6) is 0 Å². The van der Waals surface area contributed by atoms with Gasteiger partial charge in [0.15, 0.2) is 0 Å². The monoisotopic (exact) mass is 1670 g/mol. The Morgan fingerprint density at radius 2 is 0.423 bits per heavy atom. The number of aryl methyl sites for hydroxylation is 4. The molecule has 614 valence electrons. The number of benzene rings is 18. The minimum atomic E-state index is 0.339. The molecule has 0 saturated carbocycles. The van der Waals surface area contributed by atoms with Crippen molar-refractivity contribution in [2.24, 2.45) is 0 Å². The number of fused-ring (bicyclic) bond motifs is 36. The molecule has 12 heterocycles. The van der Waals surface area contributed by atoms with Gasteiger partial charge in [-0.1, -0.05) is 198 Å². The van der Waals surface area contributed by atoms with Gasteiger partial charge in [-0.05, 0) is 327 Å². The third-order valence-corrected chi connectivity index (χ3v) is 29.3. The van der Waals surface area contributed by atoms with Crippen LogP contribution in [0.4, 0.5) is 0 Å². The van der Waals surface area contributed by atoms with Gasteiger partial charge in [0.25, 0.3) is 0 Å². The Hall–Kier alpha value is -16.3. The molecule has 18 aromatic carbocycles. The molecule has 0 saturated heterocycles. The second-order valence-corrected chi connectivity index (χ2v) is 38.3. The zero-order valence-electron chi connectivity index (χ0n) is 73.0. The molecule has 0 aliphatic carbocycles. The van der Waals surface area contributed by atoms with Crippen LogP contribution in [-0.2, 0) is 0 Å². The number of rotatable bonds is 8. The molecule has 0 atom stereocenters. The van der Waals surface area contributed by atoms with Crippen molar-refractivity contribution in [3.63, 3.8) is 0 Å². The van der Waals surface area contributed by atoms with Gasteiger partial charge in [0.1, 0.15) is 16.6 Å². The van der Waals surface area contributed by atoms with E-state index in [0.29, 0.717) is 17.8 Å². The molecule has 0 aliphatic rings. The summed E-state index contributed by atoms with van der Waals surface area (Å²) in [6.07, 6.45) is 0. The zero-order valence-corrected chi connectivity index (χ0v) is 73.0. The highest BCUT2D eigenvalue weighted by Gasteiger charge is 2.32. The van der Waals surface area contributed by atoms with Crippen molar-refractivity contribution in [2.45, 2.75) is 87.0 Å². The van der Waals surface area contributed by atoms with E-state index in [0.717, 1.165) is 233 Å². The molecule has 30 rings (SSSR count). The fourth-order valence-corrected chi connectivity index (χ4v) is 23.4. The summed E-state index contributed by atoms with van der Waals surface area (Å²) >= 11 is 0. The average molecular weight is 1670 g/mol. The fraction of sp³-hybridized carbons (Fsp3) is 0.113. The topological polar surface area (TPSA) is 117 Å². The van der Waals surface area contributed by atoms with Crippen LogP contribution in [0.3, 0.4) is 0 Å². The second kappa shape index (κ2) is 24.5. The van der Waals surface area contributed by atoms with E-state index in [9.17, 15) is 0 Å². The van der Waals surface area contributed by atoms with Crippen molar-refractivity contribution in [2.75, 3.05) is 0 Å². The summed E-state index contributed by atoms with van der Waals surface area (Å²) in [6, 6.07) is 106. The molecule has 0 bridgehead atoms. The molecule has 0 aliphatic heterocycles. The van der Waals surface area contributed by atoms with Crippen LogP contribution in [-0.4, -0.2) is 69.5 Å². The number of imidazole rings is 12. The molecular weight excluding hydrogens is 1590 g/mol. The highest BCUT2D eigenvalue weighted by molar-refractivity contribution is 6.15. The number of hydrogen-bond donors (Lipinski definition) is 0. The lowest BCUT2D eigenvalue weighted by atomic mass is 9.89. The van der Waals surface area contributed by atoms with Crippen LogP contribution in [0.25, 0.3) is 271 Å². The van der Waals surface area contributed by atoms with Gasteiger partial charge in [0.05, 0.1) is 99.3 Å². The molecule has 0 amide bonds. The molecule has 0 unspecified atom stereocenters. The maximum atomic E-state index is 5.67. The third-order valence-electron chi connectivity index (χ3n) is 29.3. The van der Waals surface area contributed by atoms with Crippen LogP contribution in [0.15, 0.2) is 279 Å². The smallest absolute Gasteiger partial charge is 0.223 e. The average Bonchev–Trinajstić information content (AvgIpc) is 1.52. The number of hydrogen-bond acceptors (Lipinski definition) is 6. The van der Waals surface area contributed by atoms with Crippen molar-refractivity contribution in [3.8, 4) is 55.6 Å². The van der Waals surface area contributed by atoms with Gasteiger partial charge in [-0.15, -0.1) is 0 Å². The first kappa shape index (κ1) is 71.0. The van der Waals surface area contributed by atoms with E-state index in [4.69, 9.17) is 29.9 Å². The van der Waals surface area contributed by atoms with Crippen molar-refractivity contribution < 1.29 is 0 Å². The molecule has 30 aromatic rings. The van der Waals surface area contributed by atoms with E-state index in [1.54, 1.807) is 0 Å². The fourth-order valence-electron chi connectivity index (χ4n) is 23.4. The number of nitrogens with zero attached hydrogens (tertiary/aromatic N) is 15. The van der Waals surface area contributed by atoms with E-state index in [2.05, 4.69) is 388 Å². The molecule has 0 radical (unpaired) electrons. The summed E-state index contributed by atoms with van der Waals surface area (Å²) in [6.45, 7) is 22.7. The minimum absolute atomic E-state index is 0.339. The van der Waals surface area contributed by atoms with Gasteiger partial charge < -0.3 is 0 Å². The molecule has 15 nitrogen and oxygen atoms in total. The van der Waals surface area contributed by atoms with Gasteiger partial charge in [-0.2, -0.15) is 0 Å². The van der Waals surface area contributed by atoms with E-state index in [1.165, 1.54) is 77.2 Å². The van der Waals surface area contributed by atoms with Crippen molar-refractivity contribution in [1.82, 2.24) is 69.5 Å². The maximum absolute atomic E-state index is 5.67. The predicted molar refractivity (Wildman–Crippen MR) is 536 cm³/mol. The molecule has 15 heteroatoms. The van der Waals surface area contributed by atoms with E-state index in [-0.39, 0.29) is 0 Å². The highest BCUT2D eigenvalue weighted by Crippen LogP contribution is 2.47. The SMILES string of the molecule is Cc1cc(C)cc(-c2cc3c4c(c2)n2c5cc6cc(-c7ccc8cc9nc%10n(c9cc8c7)c7cc(-c8cc(C(C)C)cc(C(C)C)c8)cc8c7n%10c7nc9cc%10ccc(-c%11ccc%12cc%13nc%14n(c%13cc%12c%11)c%11cc(-c%12cc(C)c(C(C)C)c(C)c%12)cc%12c%11n%14c%11nc%13cc%14ccccc%14cc%13n%12%11)cc%10cc9n87)ccc6cc5nc2n4c2nc4cc5ccccc5cc4n32)c1. The van der Waals surface area contributed by atoms with Gasteiger partial charge in [-0.3, -0.25) is 26.4 Å². The summed E-state index contributed by atoms with van der Waals surface area (Å²) in [5, 5.41) is 13.8. The summed E-state index contributed by atoms with van der Waals surface area (Å²) in [5.41, 5.74) is 42.6. The molecule has 130 heavy (non-hydrogen) atoms. The van der Waals surface area contributed by atoms with Crippen LogP contribution in [0.2, 0.25) is 0 Å². The Kier molecular flexibility index (Phi) is 13.4. The standard InChI is InChI=1S/C115H79N15/c1-57(2)76-36-77(58(3)4)38-80(37-76)87-55-104-109-105(56-87)127-99-50-84-35-71(69-20-24-73-42-91-97(48-82(73)33-69)125-103-54-86(79-30-62(9)106(59(5)6)63(10)31-79)53-102-108(103)129(113(125)119-91)111-117-89-40-65-16-12-14-18-67(65)46-95(89)123(102)111)22-26-75(84)44-93(99)121-115(127)130(109)114-120-92-43-74-25-21-70(34-83(74)49-98(92)126(104)114)68-19-23-72-41-90-96(47-81(72)32-68)124-101-52-85(78-28-60(7)27-61(8)29-78)51-100-107(101)128(112(124)118-90)110-116-88-39-64-15-11-13-17-66(64)45-94(88)122(100)110/h11-59H,1-10H3. The highest BCUT2D eigenvalue weighted by atomic mass is 15.3. The predicted octanol–water partition coefficient (Wildman–Crippen LogP) is 28.9. The van der Waals surface area contributed by atoms with Crippen molar-refractivity contribution in [3.05, 3.63) is 318 Å². The normalized spacial score (nSPS) is 13.1. The minimum Gasteiger partial charge on any atom is -0.276 e. The van der Waals surface area contributed by atoms with Crippen molar-refractivity contribution in [1.29, 1.82) is 0 Å². The quantitative estimate of drug-likeness (QED) is 0.150. The maximum Gasteiger partial charge on any atom is 0.223 e. The van der Waals surface area contributed by atoms with Gasteiger partial charge in [0.2, 0.25) is 34.7 Å². The van der Waals surface area contributed by atoms with E-state index < -0.39 is 0 Å². The Bertz CT molecular complexity index is 10300. The van der Waals surface area contributed by atoms with Crippen LogP contribution in [0, 0.1) is 27.7 Å². The van der Waals surface area contributed by atoms with Crippen LogP contribution >= 0.6 is 0 Å². The Labute approximate surface area is 740 Å². The molecule has 12 aromatic heterocycles. The van der Waals surface area contributed by atoms with E-state index >= 15 is 0 Å². The third kappa shape index (κ3) is 9.40. The largest absolute Gasteiger partial charge is 0.276 e. The first-order valence-electron chi connectivity index (χ1n) is 45.4.